The molecule has 122 valence electrons. The minimum Gasteiger partial charge on any atom is -0.358 e. The van der Waals surface area contributed by atoms with Crippen LogP contribution in [-0.2, 0) is 14.8 Å². The topological polar surface area (TPSA) is 46.6 Å². The molecule has 5 heteroatoms. The minimum absolute atomic E-state index is 0.294. The molecule has 3 rings (SSSR count). The van der Waals surface area contributed by atoms with E-state index in [1.54, 1.807) is 26.0 Å². The highest BCUT2D eigenvalue weighted by Crippen LogP contribution is 2.41. The molecule has 1 aliphatic heterocycles. The van der Waals surface area contributed by atoms with Crippen molar-refractivity contribution in [2.75, 3.05) is 6.61 Å². The average Bonchev–Trinajstić information content (AvgIpc) is 2.85. The molecule has 1 heterocycles. The van der Waals surface area contributed by atoms with E-state index >= 15 is 0 Å². The van der Waals surface area contributed by atoms with Gasteiger partial charge in [0.1, 0.15) is 5.72 Å². The van der Waals surface area contributed by atoms with Gasteiger partial charge in [-0.25, -0.2) is 8.42 Å². The number of rotatable bonds is 3. The molecule has 0 saturated carbocycles. The summed E-state index contributed by atoms with van der Waals surface area (Å²) in [7, 11) is -3.65. The van der Waals surface area contributed by atoms with Gasteiger partial charge in [0, 0.05) is 0 Å². The predicted molar refractivity (Wildman–Crippen MR) is 89.4 cm³/mol. The number of benzene rings is 2. The van der Waals surface area contributed by atoms with Crippen molar-refractivity contribution in [3.05, 3.63) is 65.7 Å². The quantitative estimate of drug-likeness (QED) is 0.865. The largest absolute Gasteiger partial charge is 0.358 e. The zero-order valence-electron chi connectivity index (χ0n) is 13.6. The van der Waals surface area contributed by atoms with Gasteiger partial charge in [-0.3, -0.25) is 0 Å². The molecule has 1 aliphatic rings. The zero-order valence-corrected chi connectivity index (χ0v) is 14.4. The third-order valence-corrected chi connectivity index (χ3v) is 6.25. The Bertz CT molecular complexity index is 783. The number of hydrogen-bond acceptors (Lipinski definition) is 3. The molecule has 4 nitrogen and oxygen atoms in total. The second-order valence-electron chi connectivity index (χ2n) is 6.30. The summed E-state index contributed by atoms with van der Waals surface area (Å²) in [5.41, 5.74) is 1.08. The highest BCUT2D eigenvalue weighted by molar-refractivity contribution is 7.89. The van der Waals surface area contributed by atoms with Crippen LogP contribution in [0.5, 0.6) is 0 Å². The first kappa shape index (κ1) is 16.2. The molecule has 1 atom stereocenters. The van der Waals surface area contributed by atoms with Crippen molar-refractivity contribution in [1.82, 2.24) is 4.31 Å². The van der Waals surface area contributed by atoms with Gasteiger partial charge in [-0.2, -0.15) is 4.31 Å². The van der Waals surface area contributed by atoms with Crippen molar-refractivity contribution in [2.24, 2.45) is 0 Å². The summed E-state index contributed by atoms with van der Waals surface area (Å²) in [6.45, 7) is 5.87. The van der Waals surface area contributed by atoms with Crippen LogP contribution in [0, 0.1) is 6.92 Å². The molecule has 0 radical (unpaired) electrons. The standard InChI is InChI=1S/C18H21NO3S/c1-14-9-11-16(12-10-14)23(20,21)19-17(13-22-18(19,2)3)15-7-5-4-6-8-15/h4-12,17H,13H2,1-3H3. The summed E-state index contributed by atoms with van der Waals surface area (Å²) in [5.74, 6) is 0. The van der Waals surface area contributed by atoms with Gasteiger partial charge in [0.15, 0.2) is 0 Å². The first-order valence-electron chi connectivity index (χ1n) is 7.62. The van der Waals surface area contributed by atoms with Crippen LogP contribution in [0.25, 0.3) is 0 Å². The van der Waals surface area contributed by atoms with Gasteiger partial charge in [-0.05, 0) is 38.5 Å². The van der Waals surface area contributed by atoms with Crippen LogP contribution >= 0.6 is 0 Å². The van der Waals surface area contributed by atoms with Gasteiger partial charge in [0.05, 0.1) is 17.5 Å². The van der Waals surface area contributed by atoms with Gasteiger partial charge in [-0.15, -0.1) is 0 Å². The van der Waals surface area contributed by atoms with Crippen molar-refractivity contribution in [2.45, 2.75) is 37.4 Å². The van der Waals surface area contributed by atoms with Crippen LogP contribution in [0.3, 0.4) is 0 Å². The third-order valence-electron chi connectivity index (χ3n) is 4.17. The lowest BCUT2D eigenvalue weighted by Gasteiger charge is -2.32. The lowest BCUT2D eigenvalue weighted by atomic mass is 10.1. The van der Waals surface area contributed by atoms with E-state index in [0.29, 0.717) is 11.5 Å². The van der Waals surface area contributed by atoms with E-state index in [4.69, 9.17) is 4.74 Å². The molecule has 23 heavy (non-hydrogen) atoms. The maximum absolute atomic E-state index is 13.2. The average molecular weight is 331 g/mol. The molecule has 2 aromatic rings. The molecule has 1 fully saturated rings. The number of hydrogen-bond donors (Lipinski definition) is 0. The minimum atomic E-state index is -3.65. The molecule has 1 unspecified atom stereocenters. The Hall–Kier alpha value is -1.69. The normalized spacial score (nSPS) is 21.4. The first-order valence-corrected chi connectivity index (χ1v) is 9.06. The van der Waals surface area contributed by atoms with Gasteiger partial charge < -0.3 is 4.74 Å². The van der Waals surface area contributed by atoms with Crippen LogP contribution in [-0.4, -0.2) is 25.1 Å². The van der Waals surface area contributed by atoms with Crippen molar-refractivity contribution in [3.8, 4) is 0 Å². The second kappa shape index (κ2) is 5.74. The molecule has 0 bridgehead atoms. The van der Waals surface area contributed by atoms with E-state index in [9.17, 15) is 8.42 Å². The molecule has 2 aromatic carbocycles. The van der Waals surface area contributed by atoms with Crippen LogP contribution in [0.1, 0.15) is 31.0 Å². The van der Waals surface area contributed by atoms with Crippen LogP contribution in [0.4, 0.5) is 0 Å². The summed E-state index contributed by atoms with van der Waals surface area (Å²) >= 11 is 0. The van der Waals surface area contributed by atoms with Gasteiger partial charge in [0.25, 0.3) is 0 Å². The summed E-state index contributed by atoms with van der Waals surface area (Å²) in [4.78, 5) is 0.294. The summed E-state index contributed by atoms with van der Waals surface area (Å²) < 4.78 is 33.7. The van der Waals surface area contributed by atoms with E-state index in [0.717, 1.165) is 11.1 Å². The Morgan fingerprint density at radius 3 is 2.26 bits per heavy atom. The fourth-order valence-corrected chi connectivity index (χ4v) is 4.83. The van der Waals surface area contributed by atoms with Gasteiger partial charge in [-0.1, -0.05) is 48.0 Å². The molecule has 0 amide bonds. The van der Waals surface area contributed by atoms with Gasteiger partial charge >= 0.3 is 0 Å². The molecule has 0 aliphatic carbocycles. The lowest BCUT2D eigenvalue weighted by Crippen LogP contribution is -2.44. The molecule has 1 saturated heterocycles. The SMILES string of the molecule is Cc1ccc(S(=O)(=O)N2C(c3ccccc3)COC2(C)C)cc1. The fraction of sp³-hybridized carbons (Fsp3) is 0.333. The smallest absolute Gasteiger partial charge is 0.246 e. The van der Waals surface area contributed by atoms with E-state index in [1.807, 2.05) is 49.4 Å². The van der Waals surface area contributed by atoms with Gasteiger partial charge in [0.2, 0.25) is 10.0 Å². The van der Waals surface area contributed by atoms with Crippen molar-refractivity contribution < 1.29 is 13.2 Å². The Kier molecular flexibility index (Phi) is 4.04. The monoisotopic (exact) mass is 331 g/mol. The molecule has 0 N–H and O–H groups in total. The Morgan fingerprint density at radius 1 is 1.04 bits per heavy atom. The molecule has 0 aromatic heterocycles. The van der Waals surface area contributed by atoms with Crippen molar-refractivity contribution in [3.63, 3.8) is 0 Å². The number of nitrogens with zero attached hydrogens (tertiary/aromatic N) is 1. The maximum atomic E-state index is 13.2. The highest BCUT2D eigenvalue weighted by atomic mass is 32.2. The van der Waals surface area contributed by atoms with Crippen molar-refractivity contribution >= 4 is 10.0 Å². The van der Waals surface area contributed by atoms with E-state index in [2.05, 4.69) is 0 Å². The van der Waals surface area contributed by atoms with Crippen LogP contribution in [0.2, 0.25) is 0 Å². The third kappa shape index (κ3) is 2.92. The summed E-state index contributed by atoms with van der Waals surface area (Å²) in [6.07, 6.45) is 0. The summed E-state index contributed by atoms with van der Waals surface area (Å²) in [6, 6.07) is 16.2. The Labute approximate surface area is 137 Å². The maximum Gasteiger partial charge on any atom is 0.246 e. The van der Waals surface area contributed by atoms with Crippen molar-refractivity contribution in [1.29, 1.82) is 0 Å². The van der Waals surface area contributed by atoms with Crippen LogP contribution in [0.15, 0.2) is 59.5 Å². The molecular weight excluding hydrogens is 310 g/mol. The highest BCUT2D eigenvalue weighted by Gasteiger charge is 2.48. The first-order chi connectivity index (χ1) is 10.8. The summed E-state index contributed by atoms with van der Waals surface area (Å²) in [5, 5.41) is 0. The number of ether oxygens (including phenoxy) is 1. The van der Waals surface area contributed by atoms with Crippen LogP contribution < -0.4 is 0 Å². The lowest BCUT2D eigenvalue weighted by molar-refractivity contribution is -0.0158. The van der Waals surface area contributed by atoms with E-state index in [-0.39, 0.29) is 6.04 Å². The van der Waals surface area contributed by atoms with E-state index in [1.165, 1.54) is 4.31 Å². The number of aryl methyl sites for hydroxylation is 1. The second-order valence-corrected chi connectivity index (χ2v) is 8.11. The number of sulfonamides is 1. The van der Waals surface area contributed by atoms with E-state index < -0.39 is 15.7 Å². The molecular formula is C18H21NO3S. The Morgan fingerprint density at radius 2 is 1.65 bits per heavy atom. The zero-order chi connectivity index (χ0) is 16.7. The Balaban J connectivity index is 2.07. The fourth-order valence-electron chi connectivity index (χ4n) is 2.98. The predicted octanol–water partition coefficient (Wildman–Crippen LogP) is 3.49. The molecule has 0 spiro atoms.